The molecule has 0 atom stereocenters. The molecule has 2 aromatic carbocycles. The molecule has 0 radical (unpaired) electrons. The number of nitrogens with zero attached hydrogens (tertiary/aromatic N) is 3. The third-order valence-corrected chi connectivity index (χ3v) is 5.98. The van der Waals surface area contributed by atoms with Gasteiger partial charge in [-0.25, -0.2) is 23.5 Å². The number of benzene rings is 2. The third kappa shape index (κ3) is 5.36. The molecule has 2 aromatic heterocycles. The zero-order chi connectivity index (χ0) is 26.3. The number of aromatic nitrogens is 3. The molecule has 0 amide bonds. The third-order valence-electron chi connectivity index (χ3n) is 5.01. The second-order valence-corrected chi connectivity index (χ2v) is 9.04. The second-order valence-electron chi connectivity index (χ2n) is 7.51. The summed E-state index contributed by atoms with van der Waals surface area (Å²) in [6.07, 6.45) is -8.27. The minimum Gasteiger partial charge on any atom is -0.256 e. The average molecular weight is 524 g/mol. The fourth-order valence-corrected chi connectivity index (χ4v) is 4.09. The van der Waals surface area contributed by atoms with Crippen LogP contribution in [0.5, 0.6) is 0 Å². The van der Waals surface area contributed by atoms with Gasteiger partial charge in [0.25, 0.3) is 0 Å². The van der Waals surface area contributed by atoms with E-state index in [4.69, 9.17) is 5.14 Å². The first-order valence-electron chi connectivity index (χ1n) is 9.96. The molecule has 13 heteroatoms. The Hall–Kier alpha value is -3.84. The number of hydrogen-bond donors (Lipinski definition) is 1. The van der Waals surface area contributed by atoms with Gasteiger partial charge in [-0.15, -0.1) is 0 Å². The highest BCUT2D eigenvalue weighted by Crippen LogP contribution is 2.35. The first-order valence-corrected chi connectivity index (χ1v) is 11.5. The van der Waals surface area contributed by atoms with Gasteiger partial charge in [0, 0.05) is 22.9 Å². The van der Waals surface area contributed by atoms with Crippen LogP contribution in [0.15, 0.2) is 77.8 Å². The van der Waals surface area contributed by atoms with Crippen LogP contribution in [-0.4, -0.2) is 23.4 Å². The number of rotatable bonds is 4. The maximum Gasteiger partial charge on any atom is 0.433 e. The molecule has 36 heavy (non-hydrogen) atoms. The lowest BCUT2D eigenvalue weighted by atomic mass is 10.1. The molecule has 0 aliphatic heterocycles. The van der Waals surface area contributed by atoms with Crippen LogP contribution < -0.4 is 5.14 Å². The Kier molecular flexibility index (Phi) is 6.31. The van der Waals surface area contributed by atoms with Crippen molar-refractivity contribution in [1.29, 1.82) is 0 Å². The van der Waals surface area contributed by atoms with Gasteiger partial charge in [0.15, 0.2) is 5.82 Å². The quantitative estimate of drug-likeness (QED) is 0.353. The van der Waals surface area contributed by atoms with Crippen molar-refractivity contribution in [3.8, 4) is 33.9 Å². The summed E-state index contributed by atoms with van der Waals surface area (Å²) >= 11 is 0. The van der Waals surface area contributed by atoms with Gasteiger partial charge >= 0.3 is 12.4 Å². The summed E-state index contributed by atoms with van der Waals surface area (Å²) in [5.41, 5.74) is -2.29. The van der Waals surface area contributed by atoms with Gasteiger partial charge < -0.3 is 0 Å². The van der Waals surface area contributed by atoms with Crippen LogP contribution in [0.3, 0.4) is 0 Å². The summed E-state index contributed by atoms with van der Waals surface area (Å²) < 4.78 is 103. The fraction of sp³-hybridized carbons (Fsp3) is 0.0870. The molecule has 0 fully saturated rings. The van der Waals surface area contributed by atoms with Crippen molar-refractivity contribution in [2.45, 2.75) is 17.2 Å². The molecule has 4 aromatic rings. The van der Waals surface area contributed by atoms with Crippen LogP contribution in [0.1, 0.15) is 11.3 Å². The van der Waals surface area contributed by atoms with Crippen LogP contribution >= 0.6 is 0 Å². The van der Waals surface area contributed by atoms with Gasteiger partial charge in [0.05, 0.1) is 21.8 Å². The Bertz CT molecular complexity index is 1540. The number of hydrogen-bond acceptors (Lipinski definition) is 5. The number of nitrogens with two attached hydrogens (primary N) is 1. The molecular weight excluding hydrogens is 510 g/mol. The lowest BCUT2D eigenvalue weighted by molar-refractivity contribution is -0.141. The highest BCUT2D eigenvalue weighted by atomic mass is 32.2. The van der Waals surface area contributed by atoms with Crippen LogP contribution in [0.2, 0.25) is 0 Å². The summed E-state index contributed by atoms with van der Waals surface area (Å²) in [4.78, 5) is 11.5. The smallest absolute Gasteiger partial charge is 0.256 e. The van der Waals surface area contributed by atoms with Crippen molar-refractivity contribution in [2.75, 3.05) is 0 Å². The minimum atomic E-state index is -4.88. The van der Waals surface area contributed by atoms with E-state index in [1.165, 1.54) is 42.6 Å². The van der Waals surface area contributed by atoms with Gasteiger partial charge in [0.2, 0.25) is 10.0 Å². The Balaban J connectivity index is 1.86. The van der Waals surface area contributed by atoms with Crippen LogP contribution in [0, 0.1) is 0 Å². The van der Waals surface area contributed by atoms with E-state index >= 15 is 0 Å². The number of halogens is 6. The highest BCUT2D eigenvalue weighted by molar-refractivity contribution is 7.89. The van der Waals surface area contributed by atoms with E-state index in [1.807, 2.05) is 0 Å². The maximum absolute atomic E-state index is 13.6. The molecule has 0 saturated heterocycles. The molecule has 0 aliphatic carbocycles. The fourth-order valence-electron chi connectivity index (χ4n) is 3.34. The monoisotopic (exact) mass is 524 g/mol. The number of pyridine rings is 1. The summed E-state index contributed by atoms with van der Waals surface area (Å²) in [6.45, 7) is 0. The minimum absolute atomic E-state index is 0.00556. The Morgan fingerprint density at radius 3 is 2.00 bits per heavy atom. The highest BCUT2D eigenvalue weighted by Gasteiger charge is 2.34. The van der Waals surface area contributed by atoms with E-state index in [0.717, 1.165) is 24.3 Å². The molecule has 0 bridgehead atoms. The van der Waals surface area contributed by atoms with E-state index in [9.17, 15) is 34.8 Å². The molecule has 2 heterocycles. The zero-order valence-electron chi connectivity index (χ0n) is 17.8. The molecule has 6 nitrogen and oxygen atoms in total. The van der Waals surface area contributed by atoms with E-state index < -0.39 is 39.5 Å². The van der Waals surface area contributed by atoms with Crippen molar-refractivity contribution in [1.82, 2.24) is 15.0 Å². The summed E-state index contributed by atoms with van der Waals surface area (Å²) in [5.74, 6) is -0.392. The molecule has 0 aliphatic rings. The summed E-state index contributed by atoms with van der Waals surface area (Å²) in [7, 11) is -4.14. The molecule has 0 unspecified atom stereocenters. The average Bonchev–Trinajstić information content (AvgIpc) is 2.82. The van der Waals surface area contributed by atoms with Gasteiger partial charge in [-0.2, -0.15) is 26.3 Å². The van der Waals surface area contributed by atoms with Crippen molar-refractivity contribution >= 4 is 10.0 Å². The Morgan fingerprint density at radius 2 is 1.39 bits per heavy atom. The number of alkyl halides is 6. The molecule has 0 spiro atoms. The van der Waals surface area contributed by atoms with Crippen LogP contribution in [0.4, 0.5) is 26.3 Å². The Morgan fingerprint density at radius 1 is 0.722 bits per heavy atom. The maximum atomic E-state index is 13.6. The second kappa shape index (κ2) is 8.99. The van der Waals surface area contributed by atoms with E-state index in [0.29, 0.717) is 6.07 Å². The molecule has 2 N–H and O–H groups in total. The van der Waals surface area contributed by atoms with Gasteiger partial charge in [-0.05, 0) is 36.4 Å². The molecule has 0 saturated carbocycles. The van der Waals surface area contributed by atoms with Crippen LogP contribution in [0.25, 0.3) is 33.9 Å². The van der Waals surface area contributed by atoms with Gasteiger partial charge in [0.1, 0.15) is 5.69 Å². The Labute approximate surface area is 200 Å². The van der Waals surface area contributed by atoms with Crippen molar-refractivity contribution in [3.05, 3.63) is 84.2 Å². The normalized spacial score (nSPS) is 12.5. The first-order chi connectivity index (χ1) is 16.7. The van der Waals surface area contributed by atoms with Gasteiger partial charge in [-0.1, -0.05) is 30.3 Å². The largest absolute Gasteiger partial charge is 0.433 e. The summed E-state index contributed by atoms with van der Waals surface area (Å²) in [5, 5.41) is 5.26. The van der Waals surface area contributed by atoms with Crippen molar-refractivity contribution in [2.24, 2.45) is 5.14 Å². The number of sulfonamides is 1. The van der Waals surface area contributed by atoms with E-state index in [-0.39, 0.29) is 33.0 Å². The topological polar surface area (TPSA) is 98.8 Å². The molecule has 4 rings (SSSR count). The van der Waals surface area contributed by atoms with Gasteiger partial charge in [-0.3, -0.25) is 4.98 Å². The van der Waals surface area contributed by atoms with Crippen molar-refractivity contribution in [3.63, 3.8) is 0 Å². The first kappa shape index (κ1) is 25.3. The lowest BCUT2D eigenvalue weighted by Gasteiger charge is -2.13. The SMILES string of the molecule is NS(=O)(=O)c1ccccc1-c1cc(-c2nc(-c3ccc(C(F)(F)F)cc3)cc(C(F)(F)F)n2)ccn1. The predicted molar refractivity (Wildman–Crippen MR) is 118 cm³/mol. The molecular formula is C23H14F6N4O2S. The number of primary sulfonamides is 1. The molecule has 186 valence electrons. The lowest BCUT2D eigenvalue weighted by Crippen LogP contribution is -2.13. The van der Waals surface area contributed by atoms with Crippen LogP contribution in [-0.2, 0) is 22.4 Å². The predicted octanol–water partition coefficient (Wildman–Crippen LogP) is 5.56. The standard InChI is InChI=1S/C23H14F6N4O2S/c24-22(25,26)15-7-5-13(6-8-15)17-12-20(23(27,28)29)33-21(32-17)14-9-10-31-18(11-14)16-3-1-2-4-19(16)36(30,34)35/h1-12H,(H2,30,34,35). The van der Waals surface area contributed by atoms with E-state index in [1.54, 1.807) is 0 Å². The van der Waals surface area contributed by atoms with E-state index in [2.05, 4.69) is 15.0 Å². The summed E-state index contributed by atoms with van der Waals surface area (Å²) in [6, 6.07) is 12.4. The van der Waals surface area contributed by atoms with Crippen molar-refractivity contribution < 1.29 is 34.8 Å². The zero-order valence-corrected chi connectivity index (χ0v) is 18.7.